The molecule has 1 rings (SSSR count). The largest absolute Gasteiger partial charge is 0.399 e. The molecule has 1 aromatic rings. The van der Waals surface area contributed by atoms with Crippen molar-refractivity contribution < 1.29 is 4.79 Å². The summed E-state index contributed by atoms with van der Waals surface area (Å²) in [5.41, 5.74) is 7.24. The molecule has 0 saturated heterocycles. The SMILES string of the molecule is CCN(Cc1ccc(N)cc1)C(=O)C(C)(C)CC. The minimum Gasteiger partial charge on any atom is -0.399 e. The zero-order chi connectivity index (χ0) is 13.8. The molecule has 0 aliphatic carbocycles. The number of carbonyl (C=O) groups is 1. The second kappa shape index (κ2) is 5.89. The number of rotatable bonds is 5. The third kappa shape index (κ3) is 3.49. The van der Waals surface area contributed by atoms with Crippen molar-refractivity contribution in [2.75, 3.05) is 12.3 Å². The summed E-state index contributed by atoms with van der Waals surface area (Å²) in [5, 5.41) is 0. The van der Waals surface area contributed by atoms with Gasteiger partial charge in [-0.25, -0.2) is 0 Å². The second-order valence-corrected chi connectivity index (χ2v) is 5.30. The van der Waals surface area contributed by atoms with Crippen LogP contribution in [0, 0.1) is 5.41 Å². The minimum absolute atomic E-state index is 0.212. The van der Waals surface area contributed by atoms with Crippen LogP contribution in [0.5, 0.6) is 0 Å². The first kappa shape index (κ1) is 14.6. The van der Waals surface area contributed by atoms with Gasteiger partial charge in [-0.2, -0.15) is 0 Å². The molecule has 0 atom stereocenters. The van der Waals surface area contributed by atoms with E-state index in [-0.39, 0.29) is 11.3 Å². The van der Waals surface area contributed by atoms with E-state index in [0.29, 0.717) is 6.54 Å². The van der Waals surface area contributed by atoms with E-state index in [1.165, 1.54) is 0 Å². The number of amides is 1. The number of hydrogen-bond acceptors (Lipinski definition) is 2. The van der Waals surface area contributed by atoms with E-state index in [1.54, 1.807) is 0 Å². The third-order valence-electron chi connectivity index (χ3n) is 3.48. The van der Waals surface area contributed by atoms with Gasteiger partial charge in [0.05, 0.1) is 0 Å². The first-order chi connectivity index (χ1) is 8.40. The van der Waals surface area contributed by atoms with E-state index in [0.717, 1.165) is 24.2 Å². The normalized spacial score (nSPS) is 11.3. The summed E-state index contributed by atoms with van der Waals surface area (Å²) in [6.45, 7) is 9.45. The molecule has 0 spiro atoms. The first-order valence-electron chi connectivity index (χ1n) is 6.54. The highest BCUT2D eigenvalue weighted by Gasteiger charge is 2.29. The van der Waals surface area contributed by atoms with Crippen molar-refractivity contribution in [1.29, 1.82) is 0 Å². The molecule has 1 aromatic carbocycles. The molecule has 0 radical (unpaired) electrons. The zero-order valence-corrected chi connectivity index (χ0v) is 11.9. The van der Waals surface area contributed by atoms with E-state index in [9.17, 15) is 4.79 Å². The lowest BCUT2D eigenvalue weighted by molar-refractivity contribution is -0.141. The van der Waals surface area contributed by atoms with Gasteiger partial charge in [0.2, 0.25) is 5.91 Å². The van der Waals surface area contributed by atoms with E-state index < -0.39 is 0 Å². The average Bonchev–Trinajstić information content (AvgIpc) is 2.37. The van der Waals surface area contributed by atoms with Gasteiger partial charge in [0.1, 0.15) is 0 Å². The highest BCUT2D eigenvalue weighted by atomic mass is 16.2. The quantitative estimate of drug-likeness (QED) is 0.814. The molecular formula is C15H24N2O. The molecule has 0 aliphatic heterocycles. The van der Waals surface area contributed by atoms with Crippen molar-refractivity contribution in [3.63, 3.8) is 0 Å². The molecule has 18 heavy (non-hydrogen) atoms. The molecule has 0 fully saturated rings. The minimum atomic E-state index is -0.288. The predicted octanol–water partition coefficient (Wildman–Crippen LogP) is 3.05. The predicted molar refractivity (Wildman–Crippen MR) is 76.0 cm³/mol. The van der Waals surface area contributed by atoms with E-state index in [4.69, 9.17) is 5.73 Å². The van der Waals surface area contributed by atoms with Crippen molar-refractivity contribution in [3.05, 3.63) is 29.8 Å². The fourth-order valence-electron chi connectivity index (χ4n) is 1.75. The Hall–Kier alpha value is -1.51. The Kier molecular flexibility index (Phi) is 4.76. The maximum absolute atomic E-state index is 12.4. The van der Waals surface area contributed by atoms with Crippen LogP contribution < -0.4 is 5.73 Å². The van der Waals surface area contributed by atoms with Crippen LogP contribution in [-0.2, 0) is 11.3 Å². The fourth-order valence-corrected chi connectivity index (χ4v) is 1.75. The molecule has 0 aliphatic rings. The Morgan fingerprint density at radius 2 is 1.78 bits per heavy atom. The van der Waals surface area contributed by atoms with Crippen LogP contribution in [0.1, 0.15) is 39.7 Å². The number of nitrogens with zero attached hydrogens (tertiary/aromatic N) is 1. The Morgan fingerprint density at radius 1 is 1.22 bits per heavy atom. The Balaban J connectivity index is 2.79. The number of nitrogens with two attached hydrogens (primary N) is 1. The summed E-state index contributed by atoms with van der Waals surface area (Å²) in [6.07, 6.45) is 0.851. The molecule has 0 aromatic heterocycles. The van der Waals surface area contributed by atoms with Gasteiger partial charge in [0.25, 0.3) is 0 Å². The van der Waals surface area contributed by atoms with Crippen LogP contribution in [-0.4, -0.2) is 17.4 Å². The summed E-state index contributed by atoms with van der Waals surface area (Å²) in [4.78, 5) is 14.3. The molecule has 3 heteroatoms. The summed E-state index contributed by atoms with van der Waals surface area (Å²) in [7, 11) is 0. The van der Waals surface area contributed by atoms with E-state index in [1.807, 2.05) is 49.9 Å². The maximum atomic E-state index is 12.4. The van der Waals surface area contributed by atoms with E-state index in [2.05, 4.69) is 6.92 Å². The third-order valence-corrected chi connectivity index (χ3v) is 3.48. The topological polar surface area (TPSA) is 46.3 Å². The van der Waals surface area contributed by atoms with Crippen molar-refractivity contribution in [3.8, 4) is 0 Å². The van der Waals surface area contributed by atoms with Gasteiger partial charge < -0.3 is 10.6 Å². The smallest absolute Gasteiger partial charge is 0.228 e. The van der Waals surface area contributed by atoms with Crippen molar-refractivity contribution in [1.82, 2.24) is 4.90 Å². The lowest BCUT2D eigenvalue weighted by Crippen LogP contribution is -2.40. The molecule has 0 bridgehead atoms. The number of benzene rings is 1. The fraction of sp³-hybridized carbons (Fsp3) is 0.533. The lowest BCUT2D eigenvalue weighted by atomic mass is 9.88. The molecular weight excluding hydrogens is 224 g/mol. The molecule has 100 valence electrons. The van der Waals surface area contributed by atoms with Crippen LogP contribution in [0.15, 0.2) is 24.3 Å². The molecule has 0 unspecified atom stereocenters. The van der Waals surface area contributed by atoms with Crippen molar-refractivity contribution in [2.45, 2.75) is 40.7 Å². The molecule has 0 saturated carbocycles. The van der Waals surface area contributed by atoms with Crippen LogP contribution in [0.2, 0.25) is 0 Å². The van der Waals surface area contributed by atoms with Crippen LogP contribution in [0.4, 0.5) is 5.69 Å². The van der Waals surface area contributed by atoms with Gasteiger partial charge in [0.15, 0.2) is 0 Å². The zero-order valence-electron chi connectivity index (χ0n) is 11.9. The van der Waals surface area contributed by atoms with Crippen LogP contribution in [0.3, 0.4) is 0 Å². The Labute approximate surface area is 110 Å². The first-order valence-corrected chi connectivity index (χ1v) is 6.54. The van der Waals surface area contributed by atoms with Gasteiger partial charge in [-0.1, -0.05) is 32.9 Å². The highest BCUT2D eigenvalue weighted by molar-refractivity contribution is 5.81. The average molecular weight is 248 g/mol. The summed E-state index contributed by atoms with van der Waals surface area (Å²) < 4.78 is 0. The van der Waals surface area contributed by atoms with Gasteiger partial charge in [0, 0.05) is 24.2 Å². The van der Waals surface area contributed by atoms with Crippen LogP contribution >= 0.6 is 0 Å². The second-order valence-electron chi connectivity index (χ2n) is 5.30. The number of hydrogen-bond donors (Lipinski definition) is 1. The summed E-state index contributed by atoms with van der Waals surface area (Å²) >= 11 is 0. The summed E-state index contributed by atoms with van der Waals surface area (Å²) in [6, 6.07) is 7.70. The molecule has 2 N–H and O–H groups in total. The summed E-state index contributed by atoms with van der Waals surface area (Å²) in [5.74, 6) is 0.212. The lowest BCUT2D eigenvalue weighted by Gasteiger charge is -2.30. The maximum Gasteiger partial charge on any atom is 0.228 e. The van der Waals surface area contributed by atoms with Gasteiger partial charge >= 0.3 is 0 Å². The van der Waals surface area contributed by atoms with Gasteiger partial charge in [-0.3, -0.25) is 4.79 Å². The molecule has 1 amide bonds. The molecule has 3 nitrogen and oxygen atoms in total. The van der Waals surface area contributed by atoms with Crippen molar-refractivity contribution in [2.24, 2.45) is 5.41 Å². The Bertz CT molecular complexity index is 395. The van der Waals surface area contributed by atoms with E-state index >= 15 is 0 Å². The van der Waals surface area contributed by atoms with Crippen LogP contribution in [0.25, 0.3) is 0 Å². The van der Waals surface area contributed by atoms with Gasteiger partial charge in [-0.15, -0.1) is 0 Å². The van der Waals surface area contributed by atoms with Crippen molar-refractivity contribution >= 4 is 11.6 Å². The molecule has 0 heterocycles. The monoisotopic (exact) mass is 248 g/mol. The Morgan fingerprint density at radius 3 is 2.22 bits per heavy atom. The highest BCUT2D eigenvalue weighted by Crippen LogP contribution is 2.24. The standard InChI is InChI=1S/C15H24N2O/c1-5-15(3,4)14(18)17(6-2)11-12-7-9-13(16)10-8-12/h7-10H,5-6,11,16H2,1-4H3. The number of anilines is 1. The number of carbonyl (C=O) groups excluding carboxylic acids is 1. The number of nitrogen functional groups attached to an aromatic ring is 1. The van der Waals surface area contributed by atoms with Gasteiger partial charge in [-0.05, 0) is 31.0 Å².